The smallest absolute Gasteiger partial charge is 0.326 e. The normalized spacial score (nSPS) is 12.0. The predicted octanol–water partition coefficient (Wildman–Crippen LogP) is 0.794. The summed E-state index contributed by atoms with van der Waals surface area (Å²) in [6, 6.07) is 5.81. The fourth-order valence-electron chi connectivity index (χ4n) is 2.21. The average Bonchev–Trinajstić information content (AvgIpc) is 2.54. The SMILES string of the molecule is CCCNc1c(NC(Cc2ccc(N)cc2)C(=O)O)c(=O)c1=O. The minimum Gasteiger partial charge on any atom is -0.480 e. The van der Waals surface area contributed by atoms with Crippen LogP contribution in [0, 0.1) is 0 Å². The molecule has 122 valence electrons. The molecule has 0 radical (unpaired) electrons. The first-order chi connectivity index (χ1) is 10.9. The van der Waals surface area contributed by atoms with E-state index in [0.29, 0.717) is 12.2 Å². The number of hydrogen-bond donors (Lipinski definition) is 4. The van der Waals surface area contributed by atoms with E-state index in [2.05, 4.69) is 10.6 Å². The molecule has 1 atom stereocenters. The monoisotopic (exact) mass is 317 g/mol. The van der Waals surface area contributed by atoms with Crippen LogP contribution in [-0.2, 0) is 11.2 Å². The Morgan fingerprint density at radius 1 is 1.17 bits per heavy atom. The highest BCUT2D eigenvalue weighted by Crippen LogP contribution is 2.17. The van der Waals surface area contributed by atoms with Crippen LogP contribution in [0.25, 0.3) is 0 Å². The number of nitrogens with one attached hydrogen (secondary N) is 2. The van der Waals surface area contributed by atoms with Gasteiger partial charge in [0.2, 0.25) is 0 Å². The second kappa shape index (κ2) is 6.95. The number of rotatable bonds is 8. The molecule has 0 amide bonds. The summed E-state index contributed by atoms with van der Waals surface area (Å²) < 4.78 is 0. The topological polar surface area (TPSA) is 122 Å². The van der Waals surface area contributed by atoms with Crippen LogP contribution in [-0.4, -0.2) is 23.7 Å². The summed E-state index contributed by atoms with van der Waals surface area (Å²) in [5.41, 5.74) is 5.86. The van der Waals surface area contributed by atoms with E-state index in [4.69, 9.17) is 5.73 Å². The molecule has 0 saturated carbocycles. The summed E-state index contributed by atoms with van der Waals surface area (Å²) in [5, 5.41) is 14.9. The number of nitrogen functional groups attached to an aromatic ring is 1. The maximum absolute atomic E-state index is 11.7. The molecule has 0 fully saturated rings. The van der Waals surface area contributed by atoms with E-state index in [9.17, 15) is 19.5 Å². The Morgan fingerprint density at radius 3 is 2.35 bits per heavy atom. The quantitative estimate of drug-likeness (QED) is 0.419. The third-order valence-electron chi connectivity index (χ3n) is 3.50. The Kier molecular flexibility index (Phi) is 5.00. The second-order valence-electron chi connectivity index (χ2n) is 5.32. The van der Waals surface area contributed by atoms with Crippen molar-refractivity contribution >= 4 is 23.0 Å². The first kappa shape index (κ1) is 16.5. The van der Waals surface area contributed by atoms with Gasteiger partial charge in [-0.15, -0.1) is 0 Å². The number of anilines is 3. The van der Waals surface area contributed by atoms with Crippen LogP contribution in [0.1, 0.15) is 18.9 Å². The van der Waals surface area contributed by atoms with Crippen molar-refractivity contribution in [3.8, 4) is 0 Å². The summed E-state index contributed by atoms with van der Waals surface area (Å²) in [7, 11) is 0. The van der Waals surface area contributed by atoms with Gasteiger partial charge >= 0.3 is 5.97 Å². The Morgan fingerprint density at radius 2 is 1.78 bits per heavy atom. The molecule has 0 aliphatic carbocycles. The summed E-state index contributed by atoms with van der Waals surface area (Å²) in [6.45, 7) is 2.46. The lowest BCUT2D eigenvalue weighted by atomic mass is 10.0. The van der Waals surface area contributed by atoms with Gasteiger partial charge in [0.15, 0.2) is 0 Å². The molecular formula is C16H19N3O4. The van der Waals surface area contributed by atoms with Crippen molar-refractivity contribution in [2.75, 3.05) is 22.9 Å². The summed E-state index contributed by atoms with van der Waals surface area (Å²) in [5.74, 6) is -1.10. The maximum Gasteiger partial charge on any atom is 0.326 e. The van der Waals surface area contributed by atoms with Crippen molar-refractivity contribution in [1.82, 2.24) is 0 Å². The molecule has 5 N–H and O–H groups in total. The molecule has 7 heteroatoms. The average molecular weight is 317 g/mol. The van der Waals surface area contributed by atoms with Crippen molar-refractivity contribution in [3.05, 3.63) is 50.3 Å². The van der Waals surface area contributed by atoms with Gasteiger partial charge in [0, 0.05) is 18.7 Å². The summed E-state index contributed by atoms with van der Waals surface area (Å²) in [4.78, 5) is 34.7. The van der Waals surface area contributed by atoms with Gasteiger partial charge in [-0.25, -0.2) is 4.79 Å². The van der Waals surface area contributed by atoms with Crippen molar-refractivity contribution in [2.24, 2.45) is 0 Å². The molecule has 23 heavy (non-hydrogen) atoms. The van der Waals surface area contributed by atoms with E-state index < -0.39 is 22.9 Å². The molecule has 0 aliphatic heterocycles. The van der Waals surface area contributed by atoms with Crippen molar-refractivity contribution in [3.63, 3.8) is 0 Å². The van der Waals surface area contributed by atoms with Crippen LogP contribution in [0.3, 0.4) is 0 Å². The zero-order valence-electron chi connectivity index (χ0n) is 12.8. The highest BCUT2D eigenvalue weighted by Gasteiger charge is 2.26. The molecule has 0 aromatic heterocycles. The van der Waals surface area contributed by atoms with Crippen molar-refractivity contribution < 1.29 is 9.90 Å². The van der Waals surface area contributed by atoms with Gasteiger partial charge in [-0.1, -0.05) is 19.1 Å². The standard InChI is InChI=1S/C16H19N3O4/c1-2-7-18-12-13(15(21)14(12)20)19-11(16(22)23)8-9-3-5-10(17)6-4-9/h3-6,11,18-19H,2,7-8,17H2,1H3,(H,22,23). The van der Waals surface area contributed by atoms with Gasteiger partial charge in [-0.05, 0) is 24.1 Å². The van der Waals surface area contributed by atoms with E-state index in [1.165, 1.54) is 0 Å². The fraction of sp³-hybridized carbons (Fsp3) is 0.312. The highest BCUT2D eigenvalue weighted by molar-refractivity contribution is 5.82. The molecule has 0 heterocycles. The van der Waals surface area contributed by atoms with Gasteiger partial charge in [-0.3, -0.25) is 9.59 Å². The van der Waals surface area contributed by atoms with E-state index in [-0.39, 0.29) is 17.8 Å². The van der Waals surface area contributed by atoms with Gasteiger partial charge in [0.25, 0.3) is 10.9 Å². The lowest BCUT2D eigenvalue weighted by Crippen LogP contribution is -2.42. The van der Waals surface area contributed by atoms with Crippen LogP contribution >= 0.6 is 0 Å². The summed E-state index contributed by atoms with van der Waals surface area (Å²) in [6.07, 6.45) is 0.952. The zero-order chi connectivity index (χ0) is 17.0. The van der Waals surface area contributed by atoms with E-state index in [1.54, 1.807) is 24.3 Å². The lowest BCUT2D eigenvalue weighted by molar-refractivity contribution is -0.137. The molecular weight excluding hydrogens is 298 g/mol. The number of nitrogens with two attached hydrogens (primary N) is 1. The van der Waals surface area contributed by atoms with E-state index in [1.807, 2.05) is 6.92 Å². The number of carboxylic acids is 1. The molecule has 0 bridgehead atoms. The number of carboxylic acid groups (broad SMARTS) is 1. The third-order valence-corrected chi connectivity index (χ3v) is 3.50. The van der Waals surface area contributed by atoms with Gasteiger partial charge in [0.1, 0.15) is 17.4 Å². The lowest BCUT2D eigenvalue weighted by Gasteiger charge is -2.19. The Balaban J connectivity index is 2.16. The molecule has 2 aromatic carbocycles. The Hall–Kier alpha value is -2.83. The van der Waals surface area contributed by atoms with Gasteiger partial charge in [-0.2, -0.15) is 0 Å². The largest absolute Gasteiger partial charge is 0.480 e. The molecule has 1 unspecified atom stereocenters. The van der Waals surface area contributed by atoms with E-state index >= 15 is 0 Å². The predicted molar refractivity (Wildman–Crippen MR) is 89.7 cm³/mol. The molecule has 0 aliphatic rings. The molecule has 0 saturated heterocycles. The Labute approximate surface area is 132 Å². The van der Waals surface area contributed by atoms with Crippen LogP contribution in [0.5, 0.6) is 0 Å². The van der Waals surface area contributed by atoms with Crippen molar-refractivity contribution in [2.45, 2.75) is 25.8 Å². The minimum absolute atomic E-state index is 0.0475. The van der Waals surface area contributed by atoms with Crippen LogP contribution in [0.2, 0.25) is 0 Å². The van der Waals surface area contributed by atoms with Gasteiger partial charge in [0.05, 0.1) is 0 Å². The molecule has 2 rings (SSSR count). The minimum atomic E-state index is -1.10. The van der Waals surface area contributed by atoms with Crippen molar-refractivity contribution in [1.29, 1.82) is 0 Å². The van der Waals surface area contributed by atoms with Crippen LogP contribution in [0.15, 0.2) is 33.9 Å². The maximum atomic E-state index is 11.7. The fourth-order valence-corrected chi connectivity index (χ4v) is 2.21. The van der Waals surface area contributed by atoms with Crippen LogP contribution in [0.4, 0.5) is 17.1 Å². The molecule has 2 aromatic rings. The van der Waals surface area contributed by atoms with Gasteiger partial charge < -0.3 is 21.5 Å². The first-order valence-corrected chi connectivity index (χ1v) is 7.35. The molecule has 7 nitrogen and oxygen atoms in total. The number of benzene rings is 1. The van der Waals surface area contributed by atoms with E-state index in [0.717, 1.165) is 12.0 Å². The highest BCUT2D eigenvalue weighted by atomic mass is 16.4. The van der Waals surface area contributed by atoms with Crippen LogP contribution < -0.4 is 27.2 Å². The number of aliphatic carboxylic acids is 1. The number of hydrogen-bond acceptors (Lipinski definition) is 6. The molecule has 0 spiro atoms. The third kappa shape index (κ3) is 3.68. The summed E-state index contributed by atoms with van der Waals surface area (Å²) >= 11 is 0. The zero-order valence-corrected chi connectivity index (χ0v) is 12.8. The first-order valence-electron chi connectivity index (χ1n) is 7.35. The number of carbonyl (C=O) groups is 1. The Bertz CT molecular complexity index is 761. The second-order valence-corrected chi connectivity index (χ2v) is 5.32.